The SMILES string of the molecule is CCN1C(=O)/C(=C\c2cc3ccccc3o2)SC1=S. The number of thioether (sulfide) groups is 1. The summed E-state index contributed by atoms with van der Waals surface area (Å²) in [6.07, 6.45) is 1.76. The quantitative estimate of drug-likeness (QED) is 0.624. The summed E-state index contributed by atoms with van der Waals surface area (Å²) in [7, 11) is 0. The molecule has 5 heteroatoms. The van der Waals surface area contributed by atoms with Crippen LogP contribution in [0.25, 0.3) is 17.0 Å². The Labute approximate surface area is 120 Å². The molecule has 1 saturated heterocycles. The number of amides is 1. The molecule has 1 fully saturated rings. The van der Waals surface area contributed by atoms with E-state index in [0.717, 1.165) is 11.0 Å². The van der Waals surface area contributed by atoms with Gasteiger partial charge < -0.3 is 4.42 Å². The van der Waals surface area contributed by atoms with E-state index in [1.54, 1.807) is 11.0 Å². The number of fused-ring (bicyclic) bond motifs is 1. The van der Waals surface area contributed by atoms with Crippen LogP contribution in [0.2, 0.25) is 0 Å². The zero-order valence-electron chi connectivity index (χ0n) is 10.3. The van der Waals surface area contributed by atoms with Crippen LogP contribution in [0.5, 0.6) is 0 Å². The molecule has 3 rings (SSSR count). The van der Waals surface area contributed by atoms with Gasteiger partial charge in [0.25, 0.3) is 5.91 Å². The van der Waals surface area contributed by atoms with Crippen LogP contribution in [0, 0.1) is 0 Å². The number of hydrogen-bond acceptors (Lipinski definition) is 4. The van der Waals surface area contributed by atoms with Gasteiger partial charge in [0.2, 0.25) is 0 Å². The molecule has 0 aliphatic carbocycles. The Morgan fingerprint density at radius 2 is 2.21 bits per heavy atom. The second kappa shape index (κ2) is 4.83. The van der Waals surface area contributed by atoms with Gasteiger partial charge in [-0.25, -0.2) is 0 Å². The standard InChI is InChI=1S/C14H11NO2S2/c1-2-15-13(16)12(19-14(15)18)8-10-7-9-5-3-4-6-11(9)17-10/h3-8H,2H2,1H3/b12-8+. The number of hydrogen-bond donors (Lipinski definition) is 0. The lowest BCUT2D eigenvalue weighted by Gasteiger charge is -2.09. The Kier molecular flexibility index (Phi) is 3.16. The summed E-state index contributed by atoms with van der Waals surface area (Å²) < 4.78 is 6.29. The Morgan fingerprint density at radius 3 is 2.89 bits per heavy atom. The number of carbonyl (C=O) groups excluding carboxylic acids is 1. The summed E-state index contributed by atoms with van der Waals surface area (Å²) in [5.74, 6) is 0.635. The zero-order valence-corrected chi connectivity index (χ0v) is 11.9. The third-order valence-electron chi connectivity index (χ3n) is 2.91. The number of para-hydroxylation sites is 1. The van der Waals surface area contributed by atoms with Crippen molar-refractivity contribution in [3.63, 3.8) is 0 Å². The minimum Gasteiger partial charge on any atom is -0.457 e. The van der Waals surface area contributed by atoms with Gasteiger partial charge in [-0.15, -0.1) is 0 Å². The third-order valence-corrected chi connectivity index (χ3v) is 4.29. The van der Waals surface area contributed by atoms with Gasteiger partial charge in [0.1, 0.15) is 15.7 Å². The van der Waals surface area contributed by atoms with Crippen molar-refractivity contribution in [1.82, 2.24) is 4.90 Å². The summed E-state index contributed by atoms with van der Waals surface area (Å²) in [6.45, 7) is 2.51. The predicted octanol–water partition coefficient (Wildman–Crippen LogP) is 3.65. The second-order valence-corrected chi connectivity index (χ2v) is 5.79. The normalized spacial score (nSPS) is 17.9. The largest absolute Gasteiger partial charge is 0.457 e. The molecule has 0 unspecified atom stereocenters. The van der Waals surface area contributed by atoms with Crippen molar-refractivity contribution in [2.24, 2.45) is 0 Å². The minimum atomic E-state index is -0.0436. The van der Waals surface area contributed by atoms with Gasteiger partial charge in [0.15, 0.2) is 0 Å². The molecule has 0 bridgehead atoms. The lowest BCUT2D eigenvalue weighted by atomic mass is 10.2. The van der Waals surface area contributed by atoms with Gasteiger partial charge in [-0.3, -0.25) is 9.69 Å². The van der Waals surface area contributed by atoms with E-state index in [9.17, 15) is 4.79 Å². The highest BCUT2D eigenvalue weighted by atomic mass is 32.2. The van der Waals surface area contributed by atoms with E-state index in [1.807, 2.05) is 37.3 Å². The molecule has 96 valence electrons. The molecule has 1 aromatic heterocycles. The molecule has 1 aromatic carbocycles. The van der Waals surface area contributed by atoms with Crippen molar-refractivity contribution in [3.8, 4) is 0 Å². The molecular formula is C14H11NO2S2. The lowest BCUT2D eigenvalue weighted by Crippen LogP contribution is -2.27. The van der Waals surface area contributed by atoms with Crippen molar-refractivity contribution >= 4 is 51.3 Å². The molecule has 3 nitrogen and oxygen atoms in total. The van der Waals surface area contributed by atoms with Crippen LogP contribution in [-0.2, 0) is 4.79 Å². The van der Waals surface area contributed by atoms with Gasteiger partial charge in [0.05, 0.1) is 4.91 Å². The smallest absolute Gasteiger partial charge is 0.266 e. The van der Waals surface area contributed by atoms with E-state index in [2.05, 4.69) is 0 Å². The molecule has 0 radical (unpaired) electrons. The fourth-order valence-electron chi connectivity index (χ4n) is 1.98. The topological polar surface area (TPSA) is 33.5 Å². The number of rotatable bonds is 2. The Bertz CT molecular complexity index is 669. The van der Waals surface area contributed by atoms with Crippen molar-refractivity contribution in [1.29, 1.82) is 0 Å². The van der Waals surface area contributed by atoms with Crippen LogP contribution < -0.4 is 0 Å². The number of benzene rings is 1. The monoisotopic (exact) mass is 289 g/mol. The van der Waals surface area contributed by atoms with E-state index in [1.165, 1.54) is 11.8 Å². The molecule has 0 atom stereocenters. The Hall–Kier alpha value is -1.59. The average molecular weight is 289 g/mol. The van der Waals surface area contributed by atoms with Crippen LogP contribution in [0.4, 0.5) is 0 Å². The van der Waals surface area contributed by atoms with Crippen molar-refractivity contribution in [2.75, 3.05) is 6.54 Å². The van der Waals surface area contributed by atoms with E-state index < -0.39 is 0 Å². The molecule has 1 aliphatic heterocycles. The number of nitrogens with zero attached hydrogens (tertiary/aromatic N) is 1. The highest BCUT2D eigenvalue weighted by Crippen LogP contribution is 2.33. The first kappa shape index (κ1) is 12.4. The molecule has 19 heavy (non-hydrogen) atoms. The molecule has 0 saturated carbocycles. The first-order valence-electron chi connectivity index (χ1n) is 5.93. The number of furan rings is 1. The zero-order chi connectivity index (χ0) is 13.4. The summed E-state index contributed by atoms with van der Waals surface area (Å²) in [4.78, 5) is 14.3. The summed E-state index contributed by atoms with van der Waals surface area (Å²) in [6, 6.07) is 9.69. The summed E-state index contributed by atoms with van der Waals surface area (Å²) in [5, 5.41) is 1.03. The molecular weight excluding hydrogens is 278 g/mol. The predicted molar refractivity (Wildman–Crippen MR) is 81.8 cm³/mol. The fourth-order valence-corrected chi connectivity index (χ4v) is 3.34. The molecule has 1 aliphatic rings. The van der Waals surface area contributed by atoms with Crippen LogP contribution in [0.3, 0.4) is 0 Å². The van der Waals surface area contributed by atoms with E-state index in [4.69, 9.17) is 16.6 Å². The van der Waals surface area contributed by atoms with Gasteiger partial charge in [-0.1, -0.05) is 42.2 Å². The molecule has 0 spiro atoms. The number of likely N-dealkylation sites (N-methyl/N-ethyl adjacent to an activating group) is 1. The van der Waals surface area contributed by atoms with Crippen molar-refractivity contribution < 1.29 is 9.21 Å². The van der Waals surface area contributed by atoms with Crippen molar-refractivity contribution in [3.05, 3.63) is 41.0 Å². The molecule has 0 N–H and O–H groups in total. The van der Waals surface area contributed by atoms with Crippen LogP contribution >= 0.6 is 24.0 Å². The highest BCUT2D eigenvalue weighted by molar-refractivity contribution is 8.26. The molecule has 2 aromatic rings. The maximum absolute atomic E-state index is 12.1. The first-order chi connectivity index (χ1) is 9.19. The van der Waals surface area contributed by atoms with Crippen LogP contribution in [0.1, 0.15) is 12.7 Å². The van der Waals surface area contributed by atoms with Crippen LogP contribution in [0.15, 0.2) is 39.7 Å². The van der Waals surface area contributed by atoms with E-state index in [-0.39, 0.29) is 5.91 Å². The number of carbonyl (C=O) groups is 1. The van der Waals surface area contributed by atoms with E-state index in [0.29, 0.717) is 21.5 Å². The minimum absolute atomic E-state index is 0.0436. The van der Waals surface area contributed by atoms with Crippen LogP contribution in [-0.4, -0.2) is 21.7 Å². The summed E-state index contributed by atoms with van der Waals surface area (Å²) in [5.41, 5.74) is 0.819. The van der Waals surface area contributed by atoms with Crippen molar-refractivity contribution in [2.45, 2.75) is 6.92 Å². The maximum Gasteiger partial charge on any atom is 0.266 e. The van der Waals surface area contributed by atoms with Gasteiger partial charge in [-0.2, -0.15) is 0 Å². The lowest BCUT2D eigenvalue weighted by molar-refractivity contribution is -0.121. The Balaban J connectivity index is 1.98. The third kappa shape index (κ3) is 2.19. The second-order valence-electron chi connectivity index (χ2n) is 4.11. The van der Waals surface area contributed by atoms with Gasteiger partial charge >= 0.3 is 0 Å². The number of thiocarbonyl (C=S) groups is 1. The molecule has 2 heterocycles. The Morgan fingerprint density at radius 1 is 1.42 bits per heavy atom. The van der Waals surface area contributed by atoms with E-state index >= 15 is 0 Å². The van der Waals surface area contributed by atoms with Gasteiger partial charge in [0, 0.05) is 18.0 Å². The summed E-state index contributed by atoms with van der Waals surface area (Å²) >= 11 is 6.49. The maximum atomic E-state index is 12.1. The highest BCUT2D eigenvalue weighted by Gasteiger charge is 2.30. The molecule has 1 amide bonds. The first-order valence-corrected chi connectivity index (χ1v) is 7.15. The fraction of sp³-hybridized carbons (Fsp3) is 0.143. The van der Waals surface area contributed by atoms with Gasteiger partial charge in [-0.05, 0) is 19.1 Å². The average Bonchev–Trinajstić information content (AvgIpc) is 2.91.